The minimum absolute atomic E-state index is 0.0202. The first kappa shape index (κ1) is 19.0. The van der Waals surface area contributed by atoms with Gasteiger partial charge in [-0.2, -0.15) is 18.2 Å². The molecule has 4 heterocycles. The molecule has 0 radical (unpaired) electrons. The third-order valence-corrected chi connectivity index (χ3v) is 4.05. The van der Waals surface area contributed by atoms with Gasteiger partial charge in [-0.05, 0) is 6.07 Å². The Balaban J connectivity index is 1.45. The number of hydrogen-bond acceptors (Lipinski definition) is 8. The van der Waals surface area contributed by atoms with Gasteiger partial charge in [0.2, 0.25) is 11.8 Å². The summed E-state index contributed by atoms with van der Waals surface area (Å²) < 4.78 is 49.7. The quantitative estimate of drug-likeness (QED) is 0.670. The van der Waals surface area contributed by atoms with Crippen LogP contribution < -0.4 is 10.1 Å². The van der Waals surface area contributed by atoms with Crippen LogP contribution in [0, 0.1) is 0 Å². The highest BCUT2D eigenvalue weighted by molar-refractivity contribution is 5.59. The van der Waals surface area contributed by atoms with E-state index in [-0.39, 0.29) is 25.7 Å². The molecule has 0 unspecified atom stereocenters. The van der Waals surface area contributed by atoms with Crippen LogP contribution in [0.25, 0.3) is 11.1 Å². The fourth-order valence-electron chi connectivity index (χ4n) is 2.46. The number of hydrogen-bond donors (Lipinski definition) is 1. The standard InChI is InChI=1S/C18H15F3N6O2/c19-18(20,21)14-7-25-17(27-16(14)29-13-9-28-10-13)26-8-15-23-5-12(6-24-15)11-2-1-3-22-4-11/h1-7,13H,8-10H2,(H,25,26,27). The Morgan fingerprint density at radius 3 is 2.48 bits per heavy atom. The molecule has 1 fully saturated rings. The Morgan fingerprint density at radius 1 is 1.07 bits per heavy atom. The molecule has 3 aromatic rings. The van der Waals surface area contributed by atoms with Crippen LogP contribution >= 0.6 is 0 Å². The molecule has 0 bridgehead atoms. The molecule has 1 aliphatic rings. The molecule has 3 aromatic heterocycles. The lowest BCUT2D eigenvalue weighted by Gasteiger charge is -2.27. The third kappa shape index (κ3) is 4.57. The fourth-order valence-corrected chi connectivity index (χ4v) is 2.46. The van der Waals surface area contributed by atoms with Crippen LogP contribution in [0.2, 0.25) is 0 Å². The lowest BCUT2D eigenvalue weighted by Crippen LogP contribution is -2.39. The first-order valence-electron chi connectivity index (χ1n) is 8.63. The molecule has 8 nitrogen and oxygen atoms in total. The summed E-state index contributed by atoms with van der Waals surface area (Å²) in [4.78, 5) is 20.1. The monoisotopic (exact) mass is 404 g/mol. The van der Waals surface area contributed by atoms with Gasteiger partial charge in [-0.15, -0.1) is 0 Å². The number of aromatic nitrogens is 5. The van der Waals surface area contributed by atoms with Crippen molar-refractivity contribution in [3.63, 3.8) is 0 Å². The molecule has 0 spiro atoms. The van der Waals surface area contributed by atoms with E-state index in [2.05, 4.69) is 30.2 Å². The second kappa shape index (κ2) is 7.95. The van der Waals surface area contributed by atoms with Crippen molar-refractivity contribution in [1.29, 1.82) is 0 Å². The highest BCUT2D eigenvalue weighted by atomic mass is 19.4. The van der Waals surface area contributed by atoms with Crippen molar-refractivity contribution in [3.8, 4) is 17.0 Å². The van der Waals surface area contributed by atoms with Gasteiger partial charge >= 0.3 is 6.18 Å². The van der Waals surface area contributed by atoms with Gasteiger partial charge in [0.25, 0.3) is 0 Å². The normalized spacial score (nSPS) is 14.3. The number of nitrogens with zero attached hydrogens (tertiary/aromatic N) is 5. The zero-order valence-electron chi connectivity index (χ0n) is 14.9. The maximum atomic E-state index is 13.1. The molecule has 4 rings (SSSR count). The van der Waals surface area contributed by atoms with E-state index in [4.69, 9.17) is 9.47 Å². The average molecular weight is 404 g/mol. The highest BCUT2D eigenvalue weighted by Gasteiger charge is 2.37. The van der Waals surface area contributed by atoms with Gasteiger partial charge in [-0.25, -0.2) is 15.0 Å². The summed E-state index contributed by atoms with van der Waals surface area (Å²) in [6.45, 7) is 0.576. The van der Waals surface area contributed by atoms with Crippen LogP contribution in [0.1, 0.15) is 11.4 Å². The van der Waals surface area contributed by atoms with E-state index in [1.807, 2.05) is 12.1 Å². The van der Waals surface area contributed by atoms with E-state index in [1.165, 1.54) is 0 Å². The van der Waals surface area contributed by atoms with Crippen molar-refractivity contribution < 1.29 is 22.6 Å². The second-order valence-electron chi connectivity index (χ2n) is 6.17. The minimum Gasteiger partial charge on any atom is -0.469 e. The van der Waals surface area contributed by atoms with Crippen LogP contribution in [0.3, 0.4) is 0 Å². The van der Waals surface area contributed by atoms with E-state index < -0.39 is 23.7 Å². The number of rotatable bonds is 6. The van der Waals surface area contributed by atoms with E-state index in [9.17, 15) is 13.2 Å². The summed E-state index contributed by atoms with van der Waals surface area (Å²) in [7, 11) is 0. The van der Waals surface area contributed by atoms with Crippen LogP contribution in [0.15, 0.2) is 43.1 Å². The van der Waals surface area contributed by atoms with E-state index in [0.29, 0.717) is 12.0 Å². The zero-order valence-corrected chi connectivity index (χ0v) is 14.9. The SMILES string of the molecule is FC(F)(F)c1cnc(NCc2ncc(-c3cccnc3)cn2)nc1OC1COC1. The van der Waals surface area contributed by atoms with Crippen molar-refractivity contribution in [2.45, 2.75) is 18.8 Å². The van der Waals surface area contributed by atoms with Crippen molar-refractivity contribution in [1.82, 2.24) is 24.9 Å². The molecule has 0 aliphatic carbocycles. The van der Waals surface area contributed by atoms with Crippen molar-refractivity contribution in [2.75, 3.05) is 18.5 Å². The molecule has 0 amide bonds. The molecular formula is C18H15F3N6O2. The second-order valence-corrected chi connectivity index (χ2v) is 6.17. The molecule has 0 atom stereocenters. The van der Waals surface area contributed by atoms with Gasteiger partial charge < -0.3 is 14.8 Å². The van der Waals surface area contributed by atoms with E-state index in [0.717, 1.165) is 11.1 Å². The zero-order chi connectivity index (χ0) is 20.3. The van der Waals surface area contributed by atoms with Crippen molar-refractivity contribution >= 4 is 5.95 Å². The topological polar surface area (TPSA) is 94.9 Å². The minimum atomic E-state index is -4.62. The van der Waals surface area contributed by atoms with Gasteiger partial charge in [-0.1, -0.05) is 6.07 Å². The first-order valence-corrected chi connectivity index (χ1v) is 8.63. The Hall–Kier alpha value is -3.34. The van der Waals surface area contributed by atoms with Crippen LogP contribution in [-0.2, 0) is 17.5 Å². The molecule has 11 heteroatoms. The van der Waals surface area contributed by atoms with Gasteiger partial charge in [0, 0.05) is 42.1 Å². The predicted octanol–water partition coefficient (Wildman–Crippen LogP) is 2.74. The molecule has 150 valence electrons. The molecule has 0 aromatic carbocycles. The maximum absolute atomic E-state index is 13.1. The molecule has 0 saturated carbocycles. The number of ether oxygens (including phenoxy) is 2. The number of alkyl halides is 3. The first-order chi connectivity index (χ1) is 14.0. The lowest BCUT2D eigenvalue weighted by molar-refractivity contribution is -0.142. The van der Waals surface area contributed by atoms with Crippen molar-refractivity contribution in [2.24, 2.45) is 0 Å². The summed E-state index contributed by atoms with van der Waals surface area (Å²) in [5.74, 6) is -0.125. The van der Waals surface area contributed by atoms with E-state index in [1.54, 1.807) is 24.8 Å². The largest absolute Gasteiger partial charge is 0.469 e. The molecule has 29 heavy (non-hydrogen) atoms. The Morgan fingerprint density at radius 2 is 1.86 bits per heavy atom. The summed E-state index contributed by atoms with van der Waals surface area (Å²) in [5.41, 5.74) is 0.637. The smallest absolute Gasteiger partial charge is 0.423 e. The molecule has 1 aliphatic heterocycles. The van der Waals surface area contributed by atoms with Crippen LogP contribution in [0.4, 0.5) is 19.1 Å². The van der Waals surface area contributed by atoms with E-state index >= 15 is 0 Å². The summed E-state index contributed by atoms with van der Waals surface area (Å²) in [5, 5.41) is 2.81. The van der Waals surface area contributed by atoms with Crippen LogP contribution in [-0.4, -0.2) is 44.2 Å². The van der Waals surface area contributed by atoms with Crippen LogP contribution in [0.5, 0.6) is 5.88 Å². The molecular weight excluding hydrogens is 389 g/mol. The Kier molecular flexibility index (Phi) is 5.21. The fraction of sp³-hybridized carbons (Fsp3) is 0.278. The molecule has 1 saturated heterocycles. The predicted molar refractivity (Wildman–Crippen MR) is 94.9 cm³/mol. The Labute approximate surface area is 163 Å². The number of halogens is 3. The van der Waals surface area contributed by atoms with Gasteiger partial charge in [-0.3, -0.25) is 4.98 Å². The average Bonchev–Trinajstić information content (AvgIpc) is 2.69. The molecule has 1 N–H and O–H groups in total. The summed E-state index contributed by atoms with van der Waals surface area (Å²) >= 11 is 0. The van der Waals surface area contributed by atoms with Gasteiger partial charge in [0.15, 0.2) is 0 Å². The van der Waals surface area contributed by atoms with Gasteiger partial charge in [0.05, 0.1) is 19.8 Å². The van der Waals surface area contributed by atoms with Crippen molar-refractivity contribution in [3.05, 3.63) is 54.5 Å². The lowest BCUT2D eigenvalue weighted by atomic mass is 10.1. The summed E-state index contributed by atoms with van der Waals surface area (Å²) in [6, 6.07) is 3.69. The highest BCUT2D eigenvalue weighted by Crippen LogP contribution is 2.35. The third-order valence-electron chi connectivity index (χ3n) is 4.05. The number of nitrogens with one attached hydrogen (secondary N) is 1. The maximum Gasteiger partial charge on any atom is 0.423 e. The number of anilines is 1. The number of pyridine rings is 1. The van der Waals surface area contributed by atoms with Gasteiger partial charge in [0.1, 0.15) is 17.5 Å². The Bertz CT molecular complexity index is 966. The summed E-state index contributed by atoms with van der Waals surface area (Å²) in [6.07, 6.45) is 2.26.